The predicted octanol–water partition coefficient (Wildman–Crippen LogP) is 16.3. The van der Waals surface area contributed by atoms with Crippen LogP contribution in [0.5, 0.6) is 0 Å². The van der Waals surface area contributed by atoms with E-state index in [1.54, 1.807) is 0 Å². The summed E-state index contributed by atoms with van der Waals surface area (Å²) >= 11 is 0. The summed E-state index contributed by atoms with van der Waals surface area (Å²) in [5.41, 5.74) is 22.9. The average Bonchev–Trinajstić information content (AvgIpc) is 4.03. The highest BCUT2D eigenvalue weighted by molar-refractivity contribution is 6.16. The number of hydrogen-bond donors (Lipinski definition) is 0. The van der Waals surface area contributed by atoms with Gasteiger partial charge in [0.05, 0.1) is 27.8 Å². The Labute approximate surface area is 395 Å². The molecular formula is C65H41N3. The zero-order valence-corrected chi connectivity index (χ0v) is 37.0. The molecule has 0 radical (unpaired) electrons. The topological polar surface area (TPSA) is 30.7 Å². The van der Waals surface area contributed by atoms with E-state index in [1.165, 1.54) is 71.9 Å². The standard InChI is InChI=1S/C65H41N3/c1-4-18-42(19-5-1)44-35-37-61-54(39-44)63-49(29-17-33-62(63)68(61)48-24-8-3-9-25-48)45-22-16-23-47(38-45)64-66-59(43-20-6-2-7-21-43)41-60(67-64)46-34-36-53-52-28-12-15-32-57(52)65(58(53)40-46)55-30-13-10-26-50(55)51-27-11-14-31-56(51)65/h1-41H. The lowest BCUT2D eigenvalue weighted by molar-refractivity contribution is 0.794. The zero-order chi connectivity index (χ0) is 44.8. The number of fused-ring (bicyclic) bond motifs is 13. The van der Waals surface area contributed by atoms with Crippen molar-refractivity contribution in [3.05, 3.63) is 271 Å². The number of aromatic nitrogens is 3. The maximum absolute atomic E-state index is 5.50. The van der Waals surface area contributed by atoms with E-state index in [1.807, 2.05) is 0 Å². The van der Waals surface area contributed by atoms with E-state index in [2.05, 4.69) is 253 Å². The van der Waals surface area contributed by atoms with Crippen molar-refractivity contribution in [2.45, 2.75) is 5.41 Å². The van der Waals surface area contributed by atoms with Crippen molar-refractivity contribution in [1.29, 1.82) is 0 Å². The second kappa shape index (κ2) is 15.1. The molecule has 0 aliphatic heterocycles. The molecule has 2 aliphatic rings. The van der Waals surface area contributed by atoms with Crippen LogP contribution in [-0.4, -0.2) is 14.5 Å². The van der Waals surface area contributed by atoms with Crippen molar-refractivity contribution in [3.8, 4) is 84.1 Å². The van der Waals surface area contributed by atoms with E-state index in [0.29, 0.717) is 5.82 Å². The molecule has 10 aromatic carbocycles. The highest BCUT2D eigenvalue weighted by atomic mass is 15.0. The summed E-state index contributed by atoms with van der Waals surface area (Å²) in [7, 11) is 0. The molecule has 316 valence electrons. The molecule has 2 aromatic heterocycles. The molecule has 2 aliphatic carbocycles. The van der Waals surface area contributed by atoms with Gasteiger partial charge in [0, 0.05) is 33.2 Å². The molecule has 0 unspecified atom stereocenters. The maximum atomic E-state index is 5.50. The van der Waals surface area contributed by atoms with E-state index >= 15 is 0 Å². The van der Waals surface area contributed by atoms with Gasteiger partial charge < -0.3 is 4.57 Å². The number of benzene rings is 10. The Bertz CT molecular complexity index is 3900. The molecular weight excluding hydrogens is 823 g/mol. The molecule has 3 heteroatoms. The first-order valence-electron chi connectivity index (χ1n) is 23.4. The third-order valence-electron chi connectivity index (χ3n) is 14.4. The van der Waals surface area contributed by atoms with E-state index in [4.69, 9.17) is 9.97 Å². The first kappa shape index (κ1) is 38.4. The average molecular weight is 864 g/mol. The van der Waals surface area contributed by atoms with Gasteiger partial charge in [-0.2, -0.15) is 0 Å². The van der Waals surface area contributed by atoms with Crippen LogP contribution in [0.1, 0.15) is 22.3 Å². The second-order valence-corrected chi connectivity index (χ2v) is 18.0. The lowest BCUT2D eigenvalue weighted by atomic mass is 9.70. The Kier molecular flexibility index (Phi) is 8.50. The fourth-order valence-corrected chi connectivity index (χ4v) is 11.5. The van der Waals surface area contributed by atoms with Crippen molar-refractivity contribution in [3.63, 3.8) is 0 Å². The quantitative estimate of drug-likeness (QED) is 0.167. The maximum Gasteiger partial charge on any atom is 0.160 e. The van der Waals surface area contributed by atoms with Crippen LogP contribution in [-0.2, 0) is 5.41 Å². The Morgan fingerprint density at radius 1 is 0.294 bits per heavy atom. The van der Waals surface area contributed by atoms with Crippen molar-refractivity contribution in [2.75, 3.05) is 0 Å². The minimum atomic E-state index is -0.450. The van der Waals surface area contributed by atoms with Crippen molar-refractivity contribution in [2.24, 2.45) is 0 Å². The Balaban J connectivity index is 0.959. The lowest BCUT2D eigenvalue weighted by Crippen LogP contribution is -2.25. The Morgan fingerprint density at radius 2 is 0.809 bits per heavy atom. The Hall–Kier alpha value is -8.92. The van der Waals surface area contributed by atoms with Crippen LogP contribution in [0.2, 0.25) is 0 Å². The monoisotopic (exact) mass is 863 g/mol. The predicted molar refractivity (Wildman–Crippen MR) is 280 cm³/mol. The summed E-state index contributed by atoms with van der Waals surface area (Å²) in [4.78, 5) is 10.9. The summed E-state index contributed by atoms with van der Waals surface area (Å²) in [5.74, 6) is 0.684. The summed E-state index contributed by atoms with van der Waals surface area (Å²) < 4.78 is 2.40. The first-order valence-corrected chi connectivity index (χ1v) is 23.4. The molecule has 0 saturated carbocycles. The summed E-state index contributed by atoms with van der Waals surface area (Å²) in [5, 5.41) is 2.42. The zero-order valence-electron chi connectivity index (χ0n) is 37.0. The van der Waals surface area contributed by atoms with Crippen LogP contribution in [0.3, 0.4) is 0 Å². The van der Waals surface area contributed by atoms with Gasteiger partial charge in [-0.25, -0.2) is 9.97 Å². The molecule has 0 fully saturated rings. The van der Waals surface area contributed by atoms with Gasteiger partial charge in [-0.05, 0) is 115 Å². The normalized spacial score (nSPS) is 12.8. The molecule has 68 heavy (non-hydrogen) atoms. The fourth-order valence-electron chi connectivity index (χ4n) is 11.5. The number of para-hydroxylation sites is 1. The van der Waals surface area contributed by atoms with Gasteiger partial charge in [-0.1, -0.05) is 200 Å². The van der Waals surface area contributed by atoms with Gasteiger partial charge in [0.2, 0.25) is 0 Å². The molecule has 2 heterocycles. The molecule has 1 spiro atoms. The minimum Gasteiger partial charge on any atom is -0.309 e. The van der Waals surface area contributed by atoms with Crippen LogP contribution in [0.4, 0.5) is 0 Å². The number of hydrogen-bond acceptors (Lipinski definition) is 2. The molecule has 0 atom stereocenters. The molecule has 3 nitrogen and oxygen atoms in total. The highest BCUT2D eigenvalue weighted by Gasteiger charge is 2.51. The number of rotatable bonds is 6. The summed E-state index contributed by atoms with van der Waals surface area (Å²) in [6.45, 7) is 0. The molecule has 0 amide bonds. The molecule has 14 rings (SSSR count). The molecule has 0 N–H and O–H groups in total. The highest BCUT2D eigenvalue weighted by Crippen LogP contribution is 2.63. The van der Waals surface area contributed by atoms with E-state index in [0.717, 1.165) is 50.4 Å². The van der Waals surface area contributed by atoms with E-state index < -0.39 is 5.41 Å². The van der Waals surface area contributed by atoms with Gasteiger partial charge in [0.25, 0.3) is 0 Å². The van der Waals surface area contributed by atoms with Crippen LogP contribution >= 0.6 is 0 Å². The van der Waals surface area contributed by atoms with Crippen LogP contribution in [0.25, 0.3) is 106 Å². The van der Waals surface area contributed by atoms with Gasteiger partial charge >= 0.3 is 0 Å². The summed E-state index contributed by atoms with van der Waals surface area (Å²) in [6.07, 6.45) is 0. The molecule has 0 bridgehead atoms. The second-order valence-electron chi connectivity index (χ2n) is 18.0. The van der Waals surface area contributed by atoms with E-state index in [-0.39, 0.29) is 0 Å². The van der Waals surface area contributed by atoms with Gasteiger partial charge in [-0.3, -0.25) is 0 Å². The van der Waals surface area contributed by atoms with Crippen LogP contribution in [0, 0.1) is 0 Å². The molecule has 0 saturated heterocycles. The summed E-state index contributed by atoms with van der Waals surface area (Å²) in [6, 6.07) is 90.3. The molecule has 12 aromatic rings. The van der Waals surface area contributed by atoms with Crippen molar-refractivity contribution < 1.29 is 0 Å². The van der Waals surface area contributed by atoms with Gasteiger partial charge in [0.15, 0.2) is 5.82 Å². The van der Waals surface area contributed by atoms with Crippen LogP contribution < -0.4 is 0 Å². The van der Waals surface area contributed by atoms with Crippen molar-refractivity contribution in [1.82, 2.24) is 14.5 Å². The minimum absolute atomic E-state index is 0.450. The largest absolute Gasteiger partial charge is 0.309 e. The number of nitrogens with zero attached hydrogens (tertiary/aromatic N) is 3. The smallest absolute Gasteiger partial charge is 0.160 e. The lowest BCUT2D eigenvalue weighted by Gasteiger charge is -2.30. The third-order valence-corrected chi connectivity index (χ3v) is 14.4. The van der Waals surface area contributed by atoms with Gasteiger partial charge in [0.1, 0.15) is 0 Å². The third kappa shape index (κ3) is 5.66. The first-order chi connectivity index (χ1) is 33.7. The van der Waals surface area contributed by atoms with Crippen molar-refractivity contribution >= 4 is 21.8 Å². The van der Waals surface area contributed by atoms with Gasteiger partial charge in [-0.15, -0.1) is 0 Å². The fraction of sp³-hybridized carbons (Fsp3) is 0.0154. The van der Waals surface area contributed by atoms with Crippen LogP contribution in [0.15, 0.2) is 249 Å². The Morgan fingerprint density at radius 3 is 1.49 bits per heavy atom. The van der Waals surface area contributed by atoms with E-state index in [9.17, 15) is 0 Å². The SMILES string of the molecule is c1ccc(-c2ccc3c(c2)c2c(-c4cccc(-c5nc(-c6ccccc6)cc(-c6ccc7c(c6)C6(c8ccccc8-c8ccccc86)c6ccccc6-7)n5)c4)cccc2n3-c2ccccc2)cc1.